The molecule has 0 heterocycles. The Morgan fingerprint density at radius 3 is 2.52 bits per heavy atom. The molecule has 0 saturated carbocycles. The molecule has 2 amide bonds. The Labute approximate surface area is 198 Å². The number of ether oxygens (including phenoxy) is 1. The van der Waals surface area contributed by atoms with E-state index in [1.807, 2.05) is 13.0 Å². The van der Waals surface area contributed by atoms with Gasteiger partial charge in [-0.1, -0.05) is 24.3 Å². The molecule has 3 rings (SSSR count). The molecule has 0 aromatic heterocycles. The largest absolute Gasteiger partial charge is 0.497 e. The van der Waals surface area contributed by atoms with Crippen molar-refractivity contribution < 1.29 is 19.2 Å². The van der Waals surface area contributed by atoms with E-state index in [2.05, 4.69) is 26.6 Å². The molecule has 0 aliphatic heterocycles. The zero-order chi connectivity index (χ0) is 24.0. The second-order valence-electron chi connectivity index (χ2n) is 7.03. The number of amides is 2. The number of non-ortho nitro benzene ring substituents is 1. The first-order chi connectivity index (χ1) is 15.8. The highest BCUT2D eigenvalue weighted by Crippen LogP contribution is 2.23. The van der Waals surface area contributed by atoms with E-state index < -0.39 is 16.7 Å². The summed E-state index contributed by atoms with van der Waals surface area (Å²) >= 11 is 3.33. The number of nitro benzene ring substituents is 1. The van der Waals surface area contributed by atoms with Gasteiger partial charge in [0.1, 0.15) is 11.4 Å². The topological polar surface area (TPSA) is 111 Å². The molecule has 0 aliphatic carbocycles. The smallest absolute Gasteiger partial charge is 0.272 e. The fourth-order valence-electron chi connectivity index (χ4n) is 2.97. The minimum absolute atomic E-state index is 0.0864. The first-order valence-corrected chi connectivity index (χ1v) is 10.5. The van der Waals surface area contributed by atoms with Gasteiger partial charge in [0.25, 0.3) is 17.5 Å². The molecule has 33 heavy (non-hydrogen) atoms. The lowest BCUT2D eigenvalue weighted by atomic mass is 10.1. The molecule has 3 aromatic rings. The molecule has 0 bridgehead atoms. The van der Waals surface area contributed by atoms with Crippen molar-refractivity contribution in [2.75, 3.05) is 12.4 Å². The Hall–Kier alpha value is -3.98. The molecule has 8 nitrogen and oxygen atoms in total. The summed E-state index contributed by atoms with van der Waals surface area (Å²) in [6, 6.07) is 17.8. The molecule has 0 spiro atoms. The van der Waals surface area contributed by atoms with Crippen molar-refractivity contribution >= 4 is 45.2 Å². The van der Waals surface area contributed by atoms with Crippen LogP contribution in [-0.4, -0.2) is 23.8 Å². The van der Waals surface area contributed by atoms with Crippen molar-refractivity contribution in [2.45, 2.75) is 6.92 Å². The van der Waals surface area contributed by atoms with E-state index in [9.17, 15) is 19.7 Å². The van der Waals surface area contributed by atoms with Gasteiger partial charge in [-0.05, 0) is 70.4 Å². The first kappa shape index (κ1) is 23.7. The van der Waals surface area contributed by atoms with E-state index in [-0.39, 0.29) is 16.9 Å². The fourth-order valence-corrected chi connectivity index (χ4v) is 3.40. The third-order valence-electron chi connectivity index (χ3n) is 4.58. The molecule has 0 radical (unpaired) electrons. The number of carbonyl (C=O) groups is 2. The Kier molecular flexibility index (Phi) is 7.57. The average Bonchev–Trinajstić information content (AvgIpc) is 2.79. The number of rotatable bonds is 7. The van der Waals surface area contributed by atoms with E-state index in [1.165, 1.54) is 37.5 Å². The van der Waals surface area contributed by atoms with Crippen LogP contribution in [0.5, 0.6) is 5.75 Å². The van der Waals surface area contributed by atoms with Crippen LogP contribution >= 0.6 is 15.9 Å². The van der Waals surface area contributed by atoms with Crippen molar-refractivity contribution in [3.05, 3.63) is 104 Å². The summed E-state index contributed by atoms with van der Waals surface area (Å²) in [5, 5.41) is 16.5. The lowest BCUT2D eigenvalue weighted by Crippen LogP contribution is -2.31. The maximum Gasteiger partial charge on any atom is 0.272 e. The Bertz CT molecular complexity index is 1260. The fraction of sp³-hybridized carbons (Fsp3) is 0.0833. The van der Waals surface area contributed by atoms with E-state index in [4.69, 9.17) is 4.74 Å². The predicted octanol–water partition coefficient (Wildman–Crippen LogP) is 5.08. The van der Waals surface area contributed by atoms with Gasteiger partial charge in [-0.25, -0.2) is 0 Å². The standard InChI is InChI=1S/C24H20BrN3O5/c1-15-5-3-7-17(11-15)26-24(30)22(13-16-6-4-8-18(12-16)28(31)32)27-23(29)20-14-19(33-2)9-10-21(20)25/h3-14H,1-2H3,(H,26,30)(H,27,29). The average molecular weight is 510 g/mol. The number of hydrogen-bond acceptors (Lipinski definition) is 5. The quantitative estimate of drug-likeness (QED) is 0.262. The van der Waals surface area contributed by atoms with E-state index >= 15 is 0 Å². The number of nitrogens with one attached hydrogen (secondary N) is 2. The van der Waals surface area contributed by atoms with Gasteiger partial charge >= 0.3 is 0 Å². The molecular formula is C24H20BrN3O5. The van der Waals surface area contributed by atoms with Crippen LogP contribution in [-0.2, 0) is 4.79 Å². The number of halogens is 1. The Balaban J connectivity index is 1.97. The molecular weight excluding hydrogens is 490 g/mol. The minimum atomic E-state index is -0.584. The molecule has 2 N–H and O–H groups in total. The monoisotopic (exact) mass is 509 g/mol. The number of hydrogen-bond donors (Lipinski definition) is 2. The molecule has 9 heteroatoms. The summed E-state index contributed by atoms with van der Waals surface area (Å²) in [7, 11) is 1.48. The van der Waals surface area contributed by atoms with E-state index in [0.717, 1.165) is 5.56 Å². The molecule has 0 aliphatic rings. The predicted molar refractivity (Wildman–Crippen MR) is 129 cm³/mol. The molecule has 3 aromatic carbocycles. The second kappa shape index (κ2) is 10.6. The van der Waals surface area contributed by atoms with Gasteiger partial charge in [0, 0.05) is 22.3 Å². The van der Waals surface area contributed by atoms with Crippen molar-refractivity contribution in [1.29, 1.82) is 0 Å². The van der Waals surface area contributed by atoms with Crippen molar-refractivity contribution in [1.82, 2.24) is 5.32 Å². The van der Waals surface area contributed by atoms with Gasteiger partial charge in [0.05, 0.1) is 17.6 Å². The van der Waals surface area contributed by atoms with Crippen molar-refractivity contribution in [3.8, 4) is 5.75 Å². The maximum absolute atomic E-state index is 13.1. The van der Waals surface area contributed by atoms with Crippen LogP contribution in [0, 0.1) is 17.0 Å². The molecule has 168 valence electrons. The normalized spacial score (nSPS) is 10.9. The number of nitro groups is 1. The summed E-state index contributed by atoms with van der Waals surface area (Å²) in [6.07, 6.45) is 1.38. The van der Waals surface area contributed by atoms with Crippen LogP contribution in [0.15, 0.2) is 76.9 Å². The summed E-state index contributed by atoms with van der Waals surface area (Å²) < 4.78 is 5.68. The number of aryl methyl sites for hydroxylation is 1. The molecule has 0 unspecified atom stereocenters. The SMILES string of the molecule is COc1ccc(Br)c(C(=O)NC(=Cc2cccc([N+](=O)[O-])c2)C(=O)Nc2cccc(C)c2)c1. The van der Waals surface area contributed by atoms with Crippen LogP contribution in [0.1, 0.15) is 21.5 Å². The van der Waals surface area contributed by atoms with Crippen LogP contribution in [0.2, 0.25) is 0 Å². The Morgan fingerprint density at radius 2 is 1.82 bits per heavy atom. The van der Waals surface area contributed by atoms with Crippen LogP contribution < -0.4 is 15.4 Å². The highest BCUT2D eigenvalue weighted by atomic mass is 79.9. The first-order valence-electron chi connectivity index (χ1n) is 9.76. The molecule has 0 saturated heterocycles. The molecule has 0 atom stereocenters. The maximum atomic E-state index is 13.1. The van der Waals surface area contributed by atoms with Gasteiger partial charge in [-0.3, -0.25) is 19.7 Å². The van der Waals surface area contributed by atoms with Gasteiger partial charge < -0.3 is 15.4 Å². The van der Waals surface area contributed by atoms with Gasteiger partial charge in [0.2, 0.25) is 0 Å². The number of benzene rings is 3. The van der Waals surface area contributed by atoms with Crippen LogP contribution in [0.25, 0.3) is 6.08 Å². The van der Waals surface area contributed by atoms with Gasteiger partial charge in [0.15, 0.2) is 0 Å². The second-order valence-corrected chi connectivity index (χ2v) is 7.89. The number of anilines is 1. The van der Waals surface area contributed by atoms with E-state index in [0.29, 0.717) is 21.5 Å². The summed E-state index contributed by atoms with van der Waals surface area (Å²) in [5.41, 5.74) is 1.90. The van der Waals surface area contributed by atoms with Crippen LogP contribution in [0.4, 0.5) is 11.4 Å². The summed E-state index contributed by atoms with van der Waals surface area (Å²) in [5.74, 6) is -0.673. The van der Waals surface area contributed by atoms with Crippen LogP contribution in [0.3, 0.4) is 0 Å². The number of carbonyl (C=O) groups excluding carboxylic acids is 2. The van der Waals surface area contributed by atoms with Gasteiger partial charge in [-0.2, -0.15) is 0 Å². The highest BCUT2D eigenvalue weighted by molar-refractivity contribution is 9.10. The number of nitrogens with zero attached hydrogens (tertiary/aromatic N) is 1. The summed E-state index contributed by atoms with van der Waals surface area (Å²) in [4.78, 5) is 36.6. The minimum Gasteiger partial charge on any atom is -0.497 e. The number of methoxy groups -OCH3 is 1. The Morgan fingerprint density at radius 1 is 1.06 bits per heavy atom. The lowest BCUT2D eigenvalue weighted by Gasteiger charge is -2.13. The molecule has 0 fully saturated rings. The van der Waals surface area contributed by atoms with Gasteiger partial charge in [-0.15, -0.1) is 0 Å². The van der Waals surface area contributed by atoms with Crippen molar-refractivity contribution in [2.24, 2.45) is 0 Å². The van der Waals surface area contributed by atoms with E-state index in [1.54, 1.807) is 36.4 Å². The van der Waals surface area contributed by atoms with Crippen molar-refractivity contribution in [3.63, 3.8) is 0 Å². The highest BCUT2D eigenvalue weighted by Gasteiger charge is 2.18. The lowest BCUT2D eigenvalue weighted by molar-refractivity contribution is -0.384. The zero-order valence-corrected chi connectivity index (χ0v) is 19.4. The third kappa shape index (κ3) is 6.27. The summed E-state index contributed by atoms with van der Waals surface area (Å²) in [6.45, 7) is 1.89. The zero-order valence-electron chi connectivity index (χ0n) is 17.8. The third-order valence-corrected chi connectivity index (χ3v) is 5.27.